The molecule has 1 amide bonds. The average molecular weight is 582 g/mol. The van der Waals surface area contributed by atoms with Gasteiger partial charge in [-0.25, -0.2) is 4.79 Å². The summed E-state index contributed by atoms with van der Waals surface area (Å²) in [6, 6.07) is 18.6. The number of hydrogen-bond acceptors (Lipinski definition) is 4. The molecule has 0 saturated carbocycles. The van der Waals surface area contributed by atoms with Gasteiger partial charge in [0.05, 0.1) is 23.3 Å². The van der Waals surface area contributed by atoms with Crippen LogP contribution in [-0.4, -0.2) is 43.1 Å². The molecule has 0 aliphatic carbocycles. The van der Waals surface area contributed by atoms with E-state index in [4.69, 9.17) is 12.2 Å². The van der Waals surface area contributed by atoms with Gasteiger partial charge in [-0.1, -0.05) is 24.3 Å². The first-order valence-corrected chi connectivity index (χ1v) is 14.3. The zero-order valence-electron chi connectivity index (χ0n) is 24.4. The number of nitrogens with one attached hydrogen (secondary N) is 2. The normalized spacial score (nSPS) is 16.4. The molecular weight excluding hydrogens is 546 g/mol. The molecule has 1 aliphatic heterocycles. The van der Waals surface area contributed by atoms with E-state index in [1.54, 1.807) is 18.3 Å². The van der Waals surface area contributed by atoms with E-state index in [1.165, 1.54) is 0 Å². The van der Waals surface area contributed by atoms with Crippen molar-refractivity contribution >= 4 is 34.9 Å². The topological polar surface area (TPSA) is 99.5 Å². The number of carbonyl (C=O) groups excluding carboxylic acids is 1. The van der Waals surface area contributed by atoms with Crippen molar-refractivity contribution in [1.82, 2.24) is 19.8 Å². The van der Waals surface area contributed by atoms with Crippen LogP contribution in [0.1, 0.15) is 68.2 Å². The van der Waals surface area contributed by atoms with E-state index in [0.717, 1.165) is 50.7 Å². The van der Waals surface area contributed by atoms with Gasteiger partial charge in [-0.15, -0.1) is 0 Å². The Hall–Kier alpha value is -4.50. The molecule has 9 heteroatoms. The molecule has 4 aromatic rings. The van der Waals surface area contributed by atoms with Gasteiger partial charge in [0.1, 0.15) is 0 Å². The number of aromatic nitrogens is 2. The minimum absolute atomic E-state index is 0.0851. The molecule has 3 heterocycles. The standard InChI is InChI=1S/C33H35N5O3S/c1-19-9-10-20(2)27(16-19)35-29(39)13-15-37-31(30(36-33(37)42)26-8-6-7-14-34-26)25-17-22(4)38(23(25)5)28-18-24(32(40)41)12-11-21(28)3/h6-12,14,16-18,30-31H,13,15H2,1-5H3,(H,35,39)(H,36,42)(H,40,41)/t30-,31+/m0/s1. The highest BCUT2D eigenvalue weighted by Gasteiger charge is 2.41. The van der Waals surface area contributed by atoms with Crippen molar-refractivity contribution in [2.24, 2.45) is 0 Å². The Morgan fingerprint density at radius 2 is 1.76 bits per heavy atom. The average Bonchev–Trinajstić information content (AvgIpc) is 3.44. The molecule has 0 radical (unpaired) electrons. The second-order valence-electron chi connectivity index (χ2n) is 10.9. The first-order valence-electron chi connectivity index (χ1n) is 13.9. The summed E-state index contributed by atoms with van der Waals surface area (Å²) in [5, 5.41) is 16.7. The van der Waals surface area contributed by atoms with Crippen LogP contribution >= 0.6 is 12.2 Å². The molecule has 0 unspecified atom stereocenters. The first kappa shape index (κ1) is 29.0. The lowest BCUT2D eigenvalue weighted by molar-refractivity contribution is -0.116. The molecule has 3 N–H and O–H groups in total. The molecular formula is C33H35N5O3S. The number of rotatable bonds is 8. The Labute approximate surface area is 251 Å². The third-order valence-electron chi connectivity index (χ3n) is 7.93. The Kier molecular flexibility index (Phi) is 8.13. The SMILES string of the molecule is Cc1ccc(C)c(NC(=O)CCN2C(=S)N[C@@H](c3ccccn3)[C@H]2c2cc(C)n(-c3cc(C(=O)O)ccc3C)c2C)c1. The molecule has 1 fully saturated rings. The maximum absolute atomic E-state index is 13.1. The third-order valence-corrected chi connectivity index (χ3v) is 8.28. The van der Waals surface area contributed by atoms with E-state index in [0.29, 0.717) is 11.7 Å². The predicted molar refractivity (Wildman–Crippen MR) is 168 cm³/mol. The molecule has 1 saturated heterocycles. The van der Waals surface area contributed by atoms with Gasteiger partial charge in [-0.05, 0) is 105 Å². The number of benzene rings is 2. The van der Waals surface area contributed by atoms with Crippen molar-refractivity contribution in [2.45, 2.75) is 53.1 Å². The van der Waals surface area contributed by atoms with Gasteiger partial charge < -0.3 is 25.2 Å². The number of carbonyl (C=O) groups is 2. The van der Waals surface area contributed by atoms with Crippen molar-refractivity contribution in [2.75, 3.05) is 11.9 Å². The molecule has 2 aromatic carbocycles. The van der Waals surface area contributed by atoms with Crippen molar-refractivity contribution in [3.05, 3.63) is 112 Å². The fraction of sp³-hybridized carbons (Fsp3) is 0.273. The molecule has 0 spiro atoms. The number of carboxylic acid groups (broad SMARTS) is 1. The van der Waals surface area contributed by atoms with Crippen LogP contribution in [0, 0.1) is 34.6 Å². The summed E-state index contributed by atoms with van der Waals surface area (Å²) in [6.45, 7) is 10.4. The number of aromatic carboxylic acids is 1. The van der Waals surface area contributed by atoms with E-state index in [9.17, 15) is 14.7 Å². The highest BCUT2D eigenvalue weighted by Crippen LogP contribution is 2.41. The number of anilines is 1. The number of amides is 1. The quantitative estimate of drug-likeness (QED) is 0.216. The van der Waals surface area contributed by atoms with Crippen LogP contribution in [0.4, 0.5) is 5.69 Å². The molecule has 1 aliphatic rings. The van der Waals surface area contributed by atoms with Gasteiger partial charge in [-0.2, -0.15) is 0 Å². The van der Waals surface area contributed by atoms with E-state index in [-0.39, 0.29) is 30.0 Å². The maximum atomic E-state index is 13.1. The fourth-order valence-electron chi connectivity index (χ4n) is 5.73. The smallest absolute Gasteiger partial charge is 0.335 e. The van der Waals surface area contributed by atoms with E-state index in [1.807, 2.05) is 77.1 Å². The number of thiocarbonyl (C=S) groups is 1. The van der Waals surface area contributed by atoms with E-state index in [2.05, 4.69) is 31.2 Å². The van der Waals surface area contributed by atoms with Gasteiger partial charge in [0.2, 0.25) is 5.91 Å². The van der Waals surface area contributed by atoms with Crippen LogP contribution in [0.15, 0.2) is 66.9 Å². The maximum Gasteiger partial charge on any atom is 0.335 e. The van der Waals surface area contributed by atoms with Crippen LogP contribution in [0.5, 0.6) is 0 Å². The van der Waals surface area contributed by atoms with Crippen molar-refractivity contribution in [3.8, 4) is 5.69 Å². The van der Waals surface area contributed by atoms with Gasteiger partial charge in [0, 0.05) is 41.9 Å². The van der Waals surface area contributed by atoms with Crippen molar-refractivity contribution in [1.29, 1.82) is 0 Å². The molecule has 2 atom stereocenters. The summed E-state index contributed by atoms with van der Waals surface area (Å²) >= 11 is 5.84. The summed E-state index contributed by atoms with van der Waals surface area (Å²) in [5.74, 6) is -1.05. The Bertz CT molecular complexity index is 1680. The number of pyridine rings is 1. The zero-order chi connectivity index (χ0) is 30.1. The summed E-state index contributed by atoms with van der Waals surface area (Å²) in [6.07, 6.45) is 2.01. The minimum Gasteiger partial charge on any atom is -0.478 e. The van der Waals surface area contributed by atoms with Crippen molar-refractivity contribution < 1.29 is 14.7 Å². The highest BCUT2D eigenvalue weighted by molar-refractivity contribution is 7.80. The van der Waals surface area contributed by atoms with Gasteiger partial charge in [0.15, 0.2) is 5.11 Å². The summed E-state index contributed by atoms with van der Waals surface area (Å²) in [5.41, 5.74) is 8.75. The zero-order valence-corrected chi connectivity index (χ0v) is 25.2. The van der Waals surface area contributed by atoms with Gasteiger partial charge >= 0.3 is 5.97 Å². The van der Waals surface area contributed by atoms with Crippen LogP contribution in [0.3, 0.4) is 0 Å². The summed E-state index contributed by atoms with van der Waals surface area (Å²) in [4.78, 5) is 31.6. The van der Waals surface area contributed by atoms with Gasteiger partial charge in [0.25, 0.3) is 0 Å². The van der Waals surface area contributed by atoms with E-state index < -0.39 is 5.97 Å². The summed E-state index contributed by atoms with van der Waals surface area (Å²) in [7, 11) is 0. The molecule has 8 nitrogen and oxygen atoms in total. The lowest BCUT2D eigenvalue weighted by Gasteiger charge is -2.28. The van der Waals surface area contributed by atoms with Crippen molar-refractivity contribution in [3.63, 3.8) is 0 Å². The van der Waals surface area contributed by atoms with Crippen LogP contribution < -0.4 is 10.6 Å². The number of carboxylic acids is 1. The Balaban J connectivity index is 1.51. The number of hydrogen-bond donors (Lipinski definition) is 3. The molecule has 42 heavy (non-hydrogen) atoms. The third kappa shape index (κ3) is 5.65. The largest absolute Gasteiger partial charge is 0.478 e. The molecule has 2 aromatic heterocycles. The minimum atomic E-state index is -0.968. The lowest BCUT2D eigenvalue weighted by Crippen LogP contribution is -2.33. The first-order chi connectivity index (χ1) is 20.0. The monoisotopic (exact) mass is 581 g/mol. The summed E-state index contributed by atoms with van der Waals surface area (Å²) < 4.78 is 2.10. The second-order valence-corrected chi connectivity index (χ2v) is 11.3. The lowest BCUT2D eigenvalue weighted by atomic mass is 9.96. The van der Waals surface area contributed by atoms with E-state index >= 15 is 0 Å². The van der Waals surface area contributed by atoms with Gasteiger partial charge in [-0.3, -0.25) is 9.78 Å². The number of aryl methyl sites for hydroxylation is 4. The van der Waals surface area contributed by atoms with Crippen LogP contribution in [0.25, 0.3) is 5.69 Å². The van der Waals surface area contributed by atoms with Crippen LogP contribution in [0.2, 0.25) is 0 Å². The predicted octanol–water partition coefficient (Wildman–Crippen LogP) is 6.11. The molecule has 5 rings (SSSR count). The Morgan fingerprint density at radius 3 is 2.48 bits per heavy atom. The second kappa shape index (κ2) is 11.8. The highest BCUT2D eigenvalue weighted by atomic mass is 32.1. The Morgan fingerprint density at radius 1 is 1.00 bits per heavy atom. The molecule has 216 valence electrons. The molecule has 0 bridgehead atoms. The fourth-order valence-corrected chi connectivity index (χ4v) is 6.06. The van der Waals surface area contributed by atoms with Crippen LogP contribution in [-0.2, 0) is 4.79 Å². The number of nitrogens with zero attached hydrogens (tertiary/aromatic N) is 3.